The van der Waals surface area contributed by atoms with Crippen LogP contribution < -0.4 is 10.1 Å². The molecular weight excluding hydrogens is 474 g/mol. The Hall–Kier alpha value is -2.44. The predicted octanol–water partition coefficient (Wildman–Crippen LogP) is 3.92. The van der Waals surface area contributed by atoms with Crippen molar-refractivity contribution in [3.8, 4) is 5.75 Å². The Balaban J connectivity index is 1.18. The first-order valence-electron chi connectivity index (χ1n) is 10.2. The van der Waals surface area contributed by atoms with Crippen molar-refractivity contribution in [1.29, 1.82) is 0 Å². The maximum absolute atomic E-state index is 13.4. The van der Waals surface area contributed by atoms with Crippen molar-refractivity contribution in [2.24, 2.45) is 5.92 Å². The zero-order valence-electron chi connectivity index (χ0n) is 17.1. The van der Waals surface area contributed by atoms with E-state index in [1.807, 2.05) is 0 Å². The van der Waals surface area contributed by atoms with Gasteiger partial charge in [-0.25, -0.2) is 4.39 Å². The highest BCUT2D eigenvalue weighted by Gasteiger charge is 2.45. The third-order valence-electron chi connectivity index (χ3n) is 5.33. The van der Waals surface area contributed by atoms with Gasteiger partial charge in [-0.2, -0.15) is 0 Å². The summed E-state index contributed by atoms with van der Waals surface area (Å²) >= 11 is 5.60. The van der Waals surface area contributed by atoms with Crippen molar-refractivity contribution in [1.82, 2.24) is 15.5 Å². The maximum Gasteiger partial charge on any atom is 0.522 e. The minimum atomic E-state index is -4.66. The summed E-state index contributed by atoms with van der Waals surface area (Å²) in [5, 5.41) is 10.6. The van der Waals surface area contributed by atoms with E-state index in [0.717, 1.165) is 6.07 Å². The minimum absolute atomic E-state index is 0.0403. The fourth-order valence-corrected chi connectivity index (χ4v) is 3.62. The SMILES string of the molecule is O=C(COc1ccc(Cl)c(F)c1)N[C@@H]1CC[C@@H](c2nnc(C3C[C@H]3COC(F)(F)F)o2)OC1. The zero-order chi connectivity index (χ0) is 23.6. The van der Waals surface area contributed by atoms with E-state index in [0.29, 0.717) is 19.3 Å². The molecule has 2 heterocycles. The number of carbonyl (C=O) groups is 1. The van der Waals surface area contributed by atoms with Crippen LogP contribution in [0.3, 0.4) is 0 Å². The Bertz CT molecular complexity index is 981. The molecule has 2 fully saturated rings. The molecule has 2 aliphatic rings. The van der Waals surface area contributed by atoms with Crippen LogP contribution in [0.1, 0.15) is 43.1 Å². The molecule has 33 heavy (non-hydrogen) atoms. The average Bonchev–Trinajstić information content (AvgIpc) is 3.39. The number of ether oxygens (including phenoxy) is 3. The van der Waals surface area contributed by atoms with Crippen molar-refractivity contribution in [2.75, 3.05) is 19.8 Å². The zero-order valence-corrected chi connectivity index (χ0v) is 17.9. The average molecular weight is 494 g/mol. The van der Waals surface area contributed by atoms with Crippen LogP contribution in [0.25, 0.3) is 0 Å². The van der Waals surface area contributed by atoms with Crippen molar-refractivity contribution in [3.63, 3.8) is 0 Å². The Kier molecular flexibility index (Phi) is 7.05. The topological polar surface area (TPSA) is 95.7 Å². The lowest BCUT2D eigenvalue weighted by atomic mass is 10.0. The summed E-state index contributed by atoms with van der Waals surface area (Å²) in [4.78, 5) is 12.1. The summed E-state index contributed by atoms with van der Waals surface area (Å²) in [7, 11) is 0. The molecule has 1 unspecified atom stereocenters. The molecule has 0 spiro atoms. The molecule has 1 N–H and O–H groups in total. The first kappa shape index (κ1) is 23.7. The summed E-state index contributed by atoms with van der Waals surface area (Å²) in [6, 6.07) is 3.63. The van der Waals surface area contributed by atoms with E-state index in [-0.39, 0.29) is 53.6 Å². The minimum Gasteiger partial charge on any atom is -0.484 e. The van der Waals surface area contributed by atoms with Crippen LogP contribution in [-0.2, 0) is 14.3 Å². The van der Waals surface area contributed by atoms with Gasteiger partial charge in [-0.05, 0) is 37.3 Å². The highest BCUT2D eigenvalue weighted by Crippen LogP contribution is 2.48. The van der Waals surface area contributed by atoms with Crippen LogP contribution in [-0.4, -0.2) is 48.3 Å². The number of hydrogen-bond donors (Lipinski definition) is 1. The van der Waals surface area contributed by atoms with Gasteiger partial charge in [-0.15, -0.1) is 23.4 Å². The summed E-state index contributed by atoms with van der Waals surface area (Å²) in [5.41, 5.74) is 0. The molecule has 1 aromatic carbocycles. The van der Waals surface area contributed by atoms with Crippen LogP contribution in [0, 0.1) is 11.7 Å². The maximum atomic E-state index is 13.4. The van der Waals surface area contributed by atoms with E-state index in [1.165, 1.54) is 12.1 Å². The number of carbonyl (C=O) groups excluding carboxylic acids is 1. The van der Waals surface area contributed by atoms with Crippen LogP contribution in [0.5, 0.6) is 5.75 Å². The molecule has 13 heteroatoms. The van der Waals surface area contributed by atoms with Crippen molar-refractivity contribution in [2.45, 2.75) is 43.7 Å². The fourth-order valence-electron chi connectivity index (χ4n) is 3.51. The van der Waals surface area contributed by atoms with Crippen molar-refractivity contribution in [3.05, 3.63) is 40.8 Å². The number of halogens is 5. The Morgan fingerprint density at radius 3 is 2.73 bits per heavy atom. The molecule has 4 rings (SSSR count). The standard InChI is InChI=1S/C20H20ClF4N3O5/c21-14-3-2-12(6-15(14)22)30-9-17(29)26-11-1-4-16(31-8-11)19-28-27-18(33-19)13-5-10(13)7-32-20(23,24)25/h2-3,6,10-11,13,16H,1,4-5,7-9H2,(H,26,29)/t10-,11+,13?,16-/m0/s1. The molecule has 0 bridgehead atoms. The number of amides is 1. The van der Waals surface area contributed by atoms with E-state index in [9.17, 15) is 22.4 Å². The summed E-state index contributed by atoms with van der Waals surface area (Å²) in [6.07, 6.45) is -3.55. The molecule has 4 atom stereocenters. The predicted molar refractivity (Wildman–Crippen MR) is 104 cm³/mol. The van der Waals surface area contributed by atoms with E-state index in [2.05, 4.69) is 20.3 Å². The highest BCUT2D eigenvalue weighted by molar-refractivity contribution is 6.30. The number of rotatable bonds is 8. The van der Waals surface area contributed by atoms with Gasteiger partial charge in [0.15, 0.2) is 6.61 Å². The van der Waals surface area contributed by atoms with E-state index >= 15 is 0 Å². The van der Waals surface area contributed by atoms with E-state index in [4.69, 9.17) is 25.5 Å². The number of nitrogens with one attached hydrogen (secondary N) is 1. The molecule has 1 aliphatic heterocycles. The lowest BCUT2D eigenvalue weighted by Gasteiger charge is -2.27. The molecule has 8 nitrogen and oxygen atoms in total. The highest BCUT2D eigenvalue weighted by atomic mass is 35.5. The molecule has 1 saturated carbocycles. The quantitative estimate of drug-likeness (QED) is 0.557. The molecule has 1 amide bonds. The monoisotopic (exact) mass is 493 g/mol. The first-order valence-corrected chi connectivity index (χ1v) is 10.6. The van der Waals surface area contributed by atoms with Gasteiger partial charge in [0.2, 0.25) is 11.8 Å². The second-order valence-electron chi connectivity index (χ2n) is 7.87. The molecule has 0 radical (unpaired) electrons. The Morgan fingerprint density at radius 1 is 1.24 bits per heavy atom. The van der Waals surface area contributed by atoms with E-state index < -0.39 is 30.8 Å². The third-order valence-corrected chi connectivity index (χ3v) is 5.64. The number of hydrogen-bond acceptors (Lipinski definition) is 7. The van der Waals surface area contributed by atoms with Gasteiger partial charge >= 0.3 is 6.36 Å². The third kappa shape index (κ3) is 6.55. The van der Waals surface area contributed by atoms with E-state index in [1.54, 1.807) is 0 Å². The molecule has 1 aliphatic carbocycles. The number of nitrogens with zero attached hydrogens (tertiary/aromatic N) is 2. The molecule has 180 valence electrons. The molecule has 1 saturated heterocycles. The summed E-state index contributed by atoms with van der Waals surface area (Å²) in [6.45, 7) is -0.534. The van der Waals surface area contributed by atoms with Gasteiger partial charge in [-0.3, -0.25) is 9.53 Å². The first-order chi connectivity index (χ1) is 15.7. The second kappa shape index (κ2) is 9.82. The molecule has 2 aromatic rings. The summed E-state index contributed by atoms with van der Waals surface area (Å²) in [5.74, 6) is -0.879. The van der Waals surface area contributed by atoms with Gasteiger partial charge in [0.25, 0.3) is 5.91 Å². The van der Waals surface area contributed by atoms with Crippen molar-refractivity contribution < 1.29 is 41.0 Å². The van der Waals surface area contributed by atoms with Crippen LogP contribution in [0.2, 0.25) is 5.02 Å². The lowest BCUT2D eigenvalue weighted by Crippen LogP contribution is -2.43. The number of benzene rings is 1. The normalized spacial score (nSPS) is 25.0. The van der Waals surface area contributed by atoms with Gasteiger partial charge < -0.3 is 19.2 Å². The van der Waals surface area contributed by atoms with Crippen LogP contribution in [0.4, 0.5) is 17.6 Å². The van der Waals surface area contributed by atoms with Gasteiger partial charge in [-0.1, -0.05) is 11.6 Å². The fraction of sp³-hybridized carbons (Fsp3) is 0.550. The van der Waals surface area contributed by atoms with Crippen LogP contribution in [0.15, 0.2) is 22.6 Å². The molecule has 1 aromatic heterocycles. The van der Waals surface area contributed by atoms with Gasteiger partial charge in [0.05, 0.1) is 24.3 Å². The second-order valence-corrected chi connectivity index (χ2v) is 8.27. The summed E-state index contributed by atoms with van der Waals surface area (Å²) < 4.78 is 70.2. The number of alkyl halides is 3. The largest absolute Gasteiger partial charge is 0.522 e. The molecular formula is C20H20ClF4N3O5. The smallest absolute Gasteiger partial charge is 0.484 e. The van der Waals surface area contributed by atoms with Gasteiger partial charge in [0.1, 0.15) is 17.7 Å². The van der Waals surface area contributed by atoms with Gasteiger partial charge in [0, 0.05) is 12.0 Å². The lowest BCUT2D eigenvalue weighted by molar-refractivity contribution is -0.326. The number of aromatic nitrogens is 2. The Morgan fingerprint density at radius 2 is 2.03 bits per heavy atom. The van der Waals surface area contributed by atoms with Crippen LogP contribution >= 0.6 is 11.6 Å². The Labute approximate surface area is 190 Å². The van der Waals surface area contributed by atoms with Crippen molar-refractivity contribution >= 4 is 17.5 Å².